The first kappa shape index (κ1) is 8.05. The Labute approximate surface area is 65.7 Å². The lowest BCUT2D eigenvalue weighted by Gasteiger charge is -1.95. The molecule has 0 heterocycles. The van der Waals surface area contributed by atoms with Crippen LogP contribution in [-0.4, -0.2) is 15.5 Å². The van der Waals surface area contributed by atoms with Crippen molar-refractivity contribution in [1.29, 1.82) is 0 Å². The van der Waals surface area contributed by atoms with E-state index in [9.17, 15) is 8.42 Å². The molecule has 0 amide bonds. The van der Waals surface area contributed by atoms with E-state index in [-0.39, 0.29) is 4.90 Å². The summed E-state index contributed by atoms with van der Waals surface area (Å²) in [6, 6.07) is 9.46. The van der Waals surface area contributed by atoms with Crippen LogP contribution in [0.25, 0.3) is 0 Å². The van der Waals surface area contributed by atoms with E-state index >= 15 is 0 Å². The van der Waals surface area contributed by atoms with Crippen LogP contribution in [0.2, 0.25) is 0 Å². The van der Waals surface area contributed by atoms with E-state index < -0.39 is 10.1 Å². The predicted molar refractivity (Wildman–Crippen MR) is 38.3 cm³/mol. The second-order valence-corrected chi connectivity index (χ2v) is 3.46. The summed E-state index contributed by atoms with van der Waals surface area (Å²) < 4.78 is 26.1. The summed E-state index contributed by atoms with van der Waals surface area (Å²) in [6.45, 7) is 0. The summed E-state index contributed by atoms with van der Waals surface area (Å²) >= 11 is 0. The van der Waals surface area contributed by atoms with E-state index in [1.54, 1.807) is 12.1 Å². The van der Waals surface area contributed by atoms with Crippen molar-refractivity contribution < 1.29 is 12.6 Å². The Hall–Kier alpha value is -1.05. The first-order valence-corrected chi connectivity index (χ1v) is 4.26. The topological polar surface area (TPSA) is 43.4 Å². The van der Waals surface area contributed by atoms with Crippen molar-refractivity contribution in [3.63, 3.8) is 0 Å². The summed E-state index contributed by atoms with van der Waals surface area (Å²) in [5, 5.41) is 0. The minimum Gasteiger partial charge on any atom is -0.269 e. The lowest BCUT2D eigenvalue weighted by molar-refractivity contribution is 0.398. The molecular formula is C7H6O3S. The molecule has 0 unspecified atom stereocenters. The van der Waals surface area contributed by atoms with E-state index in [1.807, 2.05) is 0 Å². The highest BCUT2D eigenvalue weighted by molar-refractivity contribution is 7.86. The van der Waals surface area contributed by atoms with Crippen LogP contribution < -0.4 is 0 Å². The highest BCUT2D eigenvalue weighted by Crippen LogP contribution is 2.05. The van der Waals surface area contributed by atoms with Gasteiger partial charge in [0.25, 0.3) is 0 Å². The summed E-state index contributed by atoms with van der Waals surface area (Å²) in [4.78, 5) is 0.00231. The molecule has 0 saturated heterocycles. The van der Waals surface area contributed by atoms with Gasteiger partial charge in [-0.05, 0) is 18.2 Å². The van der Waals surface area contributed by atoms with Crippen LogP contribution in [0.1, 0.15) is 0 Å². The molecule has 3 nitrogen and oxygen atoms in total. The van der Waals surface area contributed by atoms with Crippen molar-refractivity contribution >= 4 is 10.1 Å². The molecule has 11 heavy (non-hydrogen) atoms. The van der Waals surface area contributed by atoms with Gasteiger partial charge in [-0.15, -0.1) is 0 Å². The third kappa shape index (κ3) is 1.70. The fraction of sp³-hybridized carbons (Fsp3) is 0.143. The SMILES string of the molecule is COS(=O)(=O)c1c#cccc1. The first-order chi connectivity index (χ1) is 5.17. The maximum absolute atomic E-state index is 10.9. The lowest BCUT2D eigenvalue weighted by atomic mass is 10.4. The maximum atomic E-state index is 10.9. The molecule has 0 saturated carbocycles. The van der Waals surface area contributed by atoms with Gasteiger partial charge in [-0.1, -0.05) is 12.1 Å². The van der Waals surface area contributed by atoms with E-state index in [2.05, 4.69) is 16.3 Å². The van der Waals surface area contributed by atoms with Crippen LogP contribution in [0.3, 0.4) is 0 Å². The normalized spacial score (nSPS) is 10.6. The predicted octanol–water partition coefficient (Wildman–Crippen LogP) is 0.622. The van der Waals surface area contributed by atoms with Gasteiger partial charge in [0.1, 0.15) is 4.90 Å². The maximum Gasteiger partial charge on any atom is 0.304 e. The Morgan fingerprint density at radius 2 is 2.27 bits per heavy atom. The largest absolute Gasteiger partial charge is 0.304 e. The molecule has 0 aliphatic rings. The van der Waals surface area contributed by atoms with Gasteiger partial charge in [-0.3, -0.25) is 4.18 Å². The minimum atomic E-state index is -3.58. The Balaban J connectivity index is 3.14. The highest BCUT2D eigenvalue weighted by Gasteiger charge is 2.10. The van der Waals surface area contributed by atoms with E-state index in [0.29, 0.717) is 0 Å². The highest BCUT2D eigenvalue weighted by atomic mass is 32.2. The Morgan fingerprint density at radius 1 is 1.55 bits per heavy atom. The van der Waals surface area contributed by atoms with Gasteiger partial charge < -0.3 is 0 Å². The fourth-order valence-corrected chi connectivity index (χ4v) is 1.18. The van der Waals surface area contributed by atoms with Crippen LogP contribution in [0.5, 0.6) is 0 Å². The molecule has 0 aliphatic heterocycles. The van der Waals surface area contributed by atoms with Crippen LogP contribution in [0.15, 0.2) is 23.1 Å². The van der Waals surface area contributed by atoms with Gasteiger partial charge in [-0.25, -0.2) is 0 Å². The molecule has 0 atom stereocenters. The quantitative estimate of drug-likeness (QED) is 0.611. The molecule has 1 rings (SSSR count). The smallest absolute Gasteiger partial charge is 0.269 e. The Morgan fingerprint density at radius 3 is 2.73 bits per heavy atom. The average Bonchev–Trinajstić information content (AvgIpc) is 2.06. The third-order valence-electron chi connectivity index (χ3n) is 1.11. The van der Waals surface area contributed by atoms with E-state index in [1.165, 1.54) is 6.07 Å². The van der Waals surface area contributed by atoms with Crippen LogP contribution in [0, 0.1) is 12.1 Å². The minimum absolute atomic E-state index is 0.00231. The van der Waals surface area contributed by atoms with Crippen molar-refractivity contribution in [2.75, 3.05) is 7.11 Å². The summed E-state index contributed by atoms with van der Waals surface area (Å²) in [7, 11) is -2.48. The molecule has 0 aromatic heterocycles. The fourth-order valence-electron chi connectivity index (χ4n) is 0.574. The summed E-state index contributed by atoms with van der Waals surface area (Å²) in [5.41, 5.74) is 0. The lowest BCUT2D eigenvalue weighted by Crippen LogP contribution is -2.01. The number of rotatable bonds is 2. The first-order valence-electron chi connectivity index (χ1n) is 2.86. The van der Waals surface area contributed by atoms with Crippen LogP contribution in [0.4, 0.5) is 0 Å². The standard InChI is InChI=1S/C7H6O3S/c1-10-11(8,9)7-5-3-2-4-6-7/h2-3,5H,1H3. The molecule has 0 N–H and O–H groups in total. The van der Waals surface area contributed by atoms with Gasteiger partial charge >= 0.3 is 10.1 Å². The molecular weight excluding hydrogens is 164 g/mol. The zero-order chi connectivity index (χ0) is 8.32. The number of hydrogen-bond donors (Lipinski definition) is 0. The molecule has 58 valence electrons. The summed E-state index contributed by atoms with van der Waals surface area (Å²) in [6.07, 6.45) is 0. The van der Waals surface area contributed by atoms with Crippen molar-refractivity contribution in [2.45, 2.75) is 4.90 Å². The second-order valence-electron chi connectivity index (χ2n) is 1.78. The summed E-state index contributed by atoms with van der Waals surface area (Å²) in [5.74, 6) is 0. The molecule has 0 radical (unpaired) electrons. The molecule has 1 aromatic carbocycles. The zero-order valence-electron chi connectivity index (χ0n) is 5.87. The molecule has 0 bridgehead atoms. The molecule has 1 aromatic rings. The Bertz CT molecular complexity index is 315. The van der Waals surface area contributed by atoms with Gasteiger partial charge in [0.05, 0.1) is 7.11 Å². The zero-order valence-corrected chi connectivity index (χ0v) is 6.68. The van der Waals surface area contributed by atoms with Crippen molar-refractivity contribution in [1.82, 2.24) is 0 Å². The molecule has 0 fully saturated rings. The van der Waals surface area contributed by atoms with Crippen molar-refractivity contribution in [2.24, 2.45) is 0 Å². The second kappa shape index (κ2) is 2.91. The molecule has 4 heteroatoms. The van der Waals surface area contributed by atoms with Gasteiger partial charge in [0.2, 0.25) is 0 Å². The monoisotopic (exact) mass is 170 g/mol. The average molecular weight is 170 g/mol. The third-order valence-corrected chi connectivity index (χ3v) is 2.33. The molecule has 0 spiro atoms. The van der Waals surface area contributed by atoms with Crippen LogP contribution >= 0.6 is 0 Å². The van der Waals surface area contributed by atoms with E-state index in [4.69, 9.17) is 0 Å². The van der Waals surface area contributed by atoms with Gasteiger partial charge in [0.15, 0.2) is 0 Å². The number of hydrogen-bond acceptors (Lipinski definition) is 3. The van der Waals surface area contributed by atoms with Crippen molar-refractivity contribution in [3.05, 3.63) is 30.3 Å². The van der Waals surface area contributed by atoms with Crippen LogP contribution in [-0.2, 0) is 14.3 Å². The van der Waals surface area contributed by atoms with Gasteiger partial charge in [0, 0.05) is 0 Å². The van der Waals surface area contributed by atoms with E-state index in [0.717, 1.165) is 7.11 Å². The van der Waals surface area contributed by atoms with Gasteiger partial charge in [-0.2, -0.15) is 8.42 Å². The van der Waals surface area contributed by atoms with Crippen molar-refractivity contribution in [3.8, 4) is 0 Å². The molecule has 0 aliphatic carbocycles. The Kier molecular flexibility index (Phi) is 2.13.